The lowest BCUT2D eigenvalue weighted by molar-refractivity contribution is 0.722. The zero-order valence-corrected chi connectivity index (χ0v) is 36.9. The second kappa shape index (κ2) is 14.1. The first-order valence-electron chi connectivity index (χ1n) is 22.4. The van der Waals surface area contributed by atoms with Crippen molar-refractivity contribution in [2.75, 3.05) is 4.90 Å². The molecule has 0 bridgehead atoms. The molecule has 0 amide bonds. The summed E-state index contributed by atoms with van der Waals surface area (Å²) in [6, 6.07) is 89.0. The zero-order chi connectivity index (χ0) is 42.7. The summed E-state index contributed by atoms with van der Waals surface area (Å²) >= 11 is 3.78. The lowest BCUT2D eigenvalue weighted by Crippen LogP contribution is -2.32. The molecule has 0 fully saturated rings. The smallest absolute Gasteiger partial charge is 0.0736 e. The molecule has 0 radical (unpaired) electrons. The Balaban J connectivity index is 1.13. The van der Waals surface area contributed by atoms with Crippen molar-refractivity contribution < 1.29 is 0 Å². The Kier molecular flexibility index (Phi) is 8.05. The largest absolute Gasteiger partial charge is 0.309 e. The van der Waals surface area contributed by atoms with Crippen molar-refractivity contribution in [1.29, 1.82) is 0 Å². The molecule has 3 heteroatoms. The first-order valence-corrected chi connectivity index (χ1v) is 24.1. The predicted octanol–water partition coefficient (Wildman–Crippen LogP) is 16.5. The van der Waals surface area contributed by atoms with Crippen molar-refractivity contribution >= 4 is 40.6 Å². The Morgan fingerprint density at radius 2 is 0.569 bits per heavy atom. The van der Waals surface area contributed by atoms with E-state index in [4.69, 9.17) is 0 Å². The van der Waals surface area contributed by atoms with Gasteiger partial charge in [-0.2, -0.15) is 0 Å². The molecule has 0 unspecified atom stereocenters. The van der Waals surface area contributed by atoms with Gasteiger partial charge in [-0.1, -0.05) is 218 Å². The van der Waals surface area contributed by atoms with E-state index in [0.717, 1.165) is 17.1 Å². The number of anilines is 3. The maximum Gasteiger partial charge on any atom is 0.0736 e. The predicted molar refractivity (Wildman–Crippen MR) is 269 cm³/mol. The number of benzene rings is 10. The molecule has 2 aliphatic carbocycles. The summed E-state index contributed by atoms with van der Waals surface area (Å²) in [4.78, 5) is 7.84. The van der Waals surface area contributed by atoms with Crippen LogP contribution >= 0.6 is 23.5 Å². The minimum Gasteiger partial charge on any atom is -0.309 e. The van der Waals surface area contributed by atoms with Gasteiger partial charge in [-0.05, 0) is 104 Å². The van der Waals surface area contributed by atoms with Crippen LogP contribution in [-0.2, 0) is 10.8 Å². The Hall–Kier alpha value is -7.30. The Labute approximate surface area is 388 Å². The molecule has 0 saturated carbocycles. The van der Waals surface area contributed by atoms with E-state index in [9.17, 15) is 0 Å². The average molecular weight is 862 g/mol. The molecule has 2 aliphatic heterocycles. The topological polar surface area (TPSA) is 3.24 Å². The second-order valence-electron chi connectivity index (χ2n) is 17.4. The van der Waals surface area contributed by atoms with Gasteiger partial charge in [0.15, 0.2) is 0 Å². The van der Waals surface area contributed by atoms with Gasteiger partial charge in [-0.3, -0.25) is 0 Å². The molecule has 10 aromatic carbocycles. The van der Waals surface area contributed by atoms with Gasteiger partial charge < -0.3 is 4.90 Å². The van der Waals surface area contributed by atoms with Gasteiger partial charge in [-0.25, -0.2) is 0 Å². The van der Waals surface area contributed by atoms with Crippen LogP contribution in [-0.4, -0.2) is 0 Å². The number of fused-ring (bicyclic) bond motifs is 18. The SMILES string of the molecule is c1ccc(-c2ccccc2N(c2cccc3c2-c2ccccc2C32c3ccccc3Sc3ccccc32)c2cccc3c2-c2ccccc2C32c3ccccc3Sc3ccccc32)cc1. The highest BCUT2D eigenvalue weighted by atomic mass is 32.2. The molecule has 65 heavy (non-hydrogen) atoms. The number of hydrogen-bond donors (Lipinski definition) is 0. The maximum atomic E-state index is 2.62. The third kappa shape index (κ3) is 4.92. The van der Waals surface area contributed by atoms with Crippen molar-refractivity contribution in [2.24, 2.45) is 0 Å². The lowest BCUT2D eigenvalue weighted by atomic mass is 9.67. The highest BCUT2D eigenvalue weighted by Gasteiger charge is 2.53. The van der Waals surface area contributed by atoms with E-state index in [1.165, 1.54) is 97.5 Å². The normalized spacial score (nSPS) is 14.6. The molecule has 304 valence electrons. The van der Waals surface area contributed by atoms with Gasteiger partial charge in [0, 0.05) is 36.3 Å². The van der Waals surface area contributed by atoms with Gasteiger partial charge in [0.1, 0.15) is 0 Å². The first-order chi connectivity index (χ1) is 32.3. The van der Waals surface area contributed by atoms with E-state index in [-0.39, 0.29) is 0 Å². The lowest BCUT2D eigenvalue weighted by Gasteiger charge is -2.40. The third-order valence-electron chi connectivity index (χ3n) is 14.4. The third-order valence-corrected chi connectivity index (χ3v) is 16.7. The Morgan fingerprint density at radius 3 is 1.02 bits per heavy atom. The second-order valence-corrected chi connectivity index (χ2v) is 19.6. The number of para-hydroxylation sites is 1. The van der Waals surface area contributed by atoms with Crippen LogP contribution in [0, 0.1) is 0 Å². The fourth-order valence-corrected chi connectivity index (χ4v) is 14.4. The summed E-state index contributed by atoms with van der Waals surface area (Å²) in [5, 5.41) is 0. The van der Waals surface area contributed by atoms with Crippen molar-refractivity contribution in [2.45, 2.75) is 30.4 Å². The van der Waals surface area contributed by atoms with Crippen LogP contribution in [0.5, 0.6) is 0 Å². The van der Waals surface area contributed by atoms with E-state index in [1.807, 2.05) is 23.5 Å². The zero-order valence-electron chi connectivity index (χ0n) is 35.3. The number of nitrogens with zero attached hydrogens (tertiary/aromatic N) is 1. The standard InChI is InChI=1S/C62H39NS2/c1-2-20-40(21-3-1)41-22-6-13-33-52(41)63(53-34-18-31-50-59(53)42-23-4-7-25-44(42)61(50)46-27-9-14-36-55(46)64-56-37-15-10-28-47(56)61)54-35-19-32-51-60(54)43-24-5-8-26-45(43)62(51)48-29-11-16-38-57(48)65-58-39-17-12-30-49(58)62/h1-39H. The van der Waals surface area contributed by atoms with E-state index in [1.54, 1.807) is 0 Å². The minimum atomic E-state index is -0.506. The Bertz CT molecular complexity index is 3300. The molecular weight excluding hydrogens is 823 g/mol. The summed E-state index contributed by atoms with van der Waals surface area (Å²) in [5.41, 5.74) is 20.5. The summed E-state index contributed by atoms with van der Waals surface area (Å²) in [7, 11) is 0. The monoisotopic (exact) mass is 861 g/mol. The van der Waals surface area contributed by atoms with Crippen LogP contribution in [0.3, 0.4) is 0 Å². The molecule has 0 atom stereocenters. The van der Waals surface area contributed by atoms with Gasteiger partial charge >= 0.3 is 0 Å². The van der Waals surface area contributed by atoms with E-state index >= 15 is 0 Å². The minimum absolute atomic E-state index is 0.506. The fraction of sp³-hybridized carbons (Fsp3) is 0.0323. The van der Waals surface area contributed by atoms with Crippen LogP contribution in [0.4, 0.5) is 17.1 Å². The molecule has 10 aromatic rings. The van der Waals surface area contributed by atoms with E-state index in [2.05, 4.69) is 241 Å². The number of rotatable bonds is 4. The fourth-order valence-electron chi connectivity index (χ4n) is 12.1. The van der Waals surface area contributed by atoms with Gasteiger partial charge in [0.05, 0.1) is 27.9 Å². The van der Waals surface area contributed by atoms with Crippen LogP contribution < -0.4 is 4.90 Å². The molecular formula is C62H39NS2. The first kappa shape index (κ1) is 37.1. The average Bonchev–Trinajstić information content (AvgIpc) is 3.84. The van der Waals surface area contributed by atoms with Crippen molar-refractivity contribution in [3.05, 3.63) is 281 Å². The molecule has 0 saturated heterocycles. The van der Waals surface area contributed by atoms with E-state index in [0.29, 0.717) is 0 Å². The summed E-state index contributed by atoms with van der Waals surface area (Å²) in [6.07, 6.45) is 0. The quantitative estimate of drug-likeness (QED) is 0.174. The Morgan fingerprint density at radius 1 is 0.246 bits per heavy atom. The molecule has 0 aromatic heterocycles. The van der Waals surface area contributed by atoms with Gasteiger partial charge in [-0.15, -0.1) is 0 Å². The van der Waals surface area contributed by atoms with Crippen molar-refractivity contribution in [3.8, 4) is 33.4 Å². The van der Waals surface area contributed by atoms with Crippen LogP contribution in [0.15, 0.2) is 256 Å². The van der Waals surface area contributed by atoms with Crippen molar-refractivity contribution in [1.82, 2.24) is 0 Å². The van der Waals surface area contributed by atoms with Gasteiger partial charge in [0.25, 0.3) is 0 Å². The maximum absolute atomic E-state index is 2.62. The summed E-state index contributed by atoms with van der Waals surface area (Å²) in [5.74, 6) is 0. The summed E-state index contributed by atoms with van der Waals surface area (Å²) in [6.45, 7) is 0. The number of hydrogen-bond acceptors (Lipinski definition) is 3. The van der Waals surface area contributed by atoms with Crippen molar-refractivity contribution in [3.63, 3.8) is 0 Å². The molecule has 4 aliphatic rings. The highest BCUT2D eigenvalue weighted by Crippen LogP contribution is 2.67. The van der Waals surface area contributed by atoms with Crippen LogP contribution in [0.1, 0.15) is 44.5 Å². The van der Waals surface area contributed by atoms with Crippen LogP contribution in [0.2, 0.25) is 0 Å². The van der Waals surface area contributed by atoms with Gasteiger partial charge in [0.2, 0.25) is 0 Å². The van der Waals surface area contributed by atoms with E-state index < -0.39 is 10.8 Å². The molecule has 1 nitrogen and oxygen atoms in total. The molecule has 14 rings (SSSR count). The molecule has 2 heterocycles. The molecule has 2 spiro atoms. The molecule has 0 N–H and O–H groups in total. The summed E-state index contributed by atoms with van der Waals surface area (Å²) < 4.78 is 0. The highest BCUT2D eigenvalue weighted by molar-refractivity contribution is 7.99. The van der Waals surface area contributed by atoms with Crippen LogP contribution in [0.25, 0.3) is 33.4 Å².